The van der Waals surface area contributed by atoms with Crippen molar-refractivity contribution in [3.05, 3.63) is 166 Å². The zero-order valence-corrected chi connectivity index (χ0v) is 39.0. The number of rotatable bonds is 6. The van der Waals surface area contributed by atoms with Gasteiger partial charge in [0.1, 0.15) is 11.3 Å². The molecule has 4 aromatic carbocycles. The van der Waals surface area contributed by atoms with Gasteiger partial charge in [0.25, 0.3) is 0 Å². The molecule has 2 aliphatic heterocycles. The number of aliphatic hydroxyl groups is 1. The first-order valence-electron chi connectivity index (χ1n) is 20.5. The van der Waals surface area contributed by atoms with E-state index >= 15 is 0 Å². The van der Waals surface area contributed by atoms with E-state index in [4.69, 9.17) is 11.6 Å². The van der Waals surface area contributed by atoms with Crippen molar-refractivity contribution in [2.45, 2.75) is 57.0 Å². The maximum absolute atomic E-state index is 12.9. The van der Waals surface area contributed by atoms with Crippen molar-refractivity contribution in [1.82, 2.24) is 14.8 Å². The number of pyridine rings is 1. The predicted octanol–water partition coefficient (Wildman–Crippen LogP) is 12.1. The third-order valence-corrected chi connectivity index (χ3v) is 14.4. The van der Waals surface area contributed by atoms with E-state index < -0.39 is 5.60 Å². The molecule has 2 N–H and O–H groups in total. The number of aromatic hydroxyl groups is 1. The van der Waals surface area contributed by atoms with Crippen LogP contribution in [-0.4, -0.2) is 70.6 Å². The van der Waals surface area contributed by atoms with Crippen LogP contribution in [0.25, 0.3) is 16.5 Å². The Kier molecular flexibility index (Phi) is 15.3. The van der Waals surface area contributed by atoms with Crippen molar-refractivity contribution in [2.75, 3.05) is 39.8 Å². The molecule has 0 spiro atoms. The highest BCUT2D eigenvalue weighted by atomic mass is 127. The number of fused-ring (bicyclic) bond motifs is 3. The number of benzene rings is 4. The summed E-state index contributed by atoms with van der Waals surface area (Å²) in [7, 11) is 2.23. The van der Waals surface area contributed by atoms with Gasteiger partial charge in [-0.1, -0.05) is 69.5 Å². The van der Waals surface area contributed by atoms with Gasteiger partial charge in [0.05, 0.1) is 14.2 Å². The van der Waals surface area contributed by atoms with Gasteiger partial charge in [-0.3, -0.25) is 9.78 Å². The topological polar surface area (TPSA) is 76.9 Å². The number of piperidine rings is 2. The second kappa shape index (κ2) is 20.6. The number of carbonyl (C=O) groups is 1. The molecule has 2 saturated heterocycles. The van der Waals surface area contributed by atoms with Crippen LogP contribution in [0.5, 0.6) is 5.75 Å². The van der Waals surface area contributed by atoms with Gasteiger partial charge in [-0.25, -0.2) is 4.39 Å². The monoisotopic (exact) mass is 1020 g/mol. The fourth-order valence-corrected chi connectivity index (χ4v) is 10.4. The van der Waals surface area contributed by atoms with E-state index in [1.54, 1.807) is 34.4 Å². The average molecular weight is 1020 g/mol. The SMILES string of the molecule is CN1CCC(=C2c3ccccc3CCc3sccc32)CC1.O=C(CCCN1CCC(O)(c2ccc(Br)cc2)CC1)c1ccc(F)cc1.Oc1c(I)cc(Cl)c2cccnc12. The van der Waals surface area contributed by atoms with Gasteiger partial charge in [0, 0.05) is 59.1 Å². The minimum Gasteiger partial charge on any atom is -0.505 e. The fourth-order valence-electron chi connectivity index (χ4n) is 8.25. The first kappa shape index (κ1) is 44.6. The number of phenols is 1. The van der Waals surface area contributed by atoms with Gasteiger partial charge in [-0.15, -0.1) is 11.3 Å². The number of Topliss-reactive ketones (excluding diaryl/α,β-unsaturated/α-hetero) is 1. The fraction of sp³-hybridized carbons (Fsp3) is 0.306. The Bertz CT molecular complexity index is 2440. The lowest BCUT2D eigenvalue weighted by molar-refractivity contribution is -0.0260. The van der Waals surface area contributed by atoms with Gasteiger partial charge in [0.2, 0.25) is 0 Å². The van der Waals surface area contributed by atoms with Crippen LogP contribution in [0.15, 0.2) is 119 Å². The van der Waals surface area contributed by atoms with Crippen molar-refractivity contribution in [1.29, 1.82) is 0 Å². The molecule has 1 aliphatic carbocycles. The number of hydrogen-bond donors (Lipinski definition) is 2. The normalized spacial score (nSPS) is 16.4. The number of aromatic nitrogens is 1. The molecule has 2 fully saturated rings. The van der Waals surface area contributed by atoms with Crippen LogP contribution in [-0.2, 0) is 18.4 Å². The largest absolute Gasteiger partial charge is 0.505 e. The molecule has 4 heterocycles. The van der Waals surface area contributed by atoms with Crippen molar-refractivity contribution in [2.24, 2.45) is 0 Å². The maximum Gasteiger partial charge on any atom is 0.162 e. The lowest BCUT2D eigenvalue weighted by atomic mass is 9.84. The molecular formula is C49H49BrClFIN3O3S. The van der Waals surface area contributed by atoms with Gasteiger partial charge in [0.15, 0.2) is 11.5 Å². The quantitative estimate of drug-likeness (QED) is 0.128. The summed E-state index contributed by atoms with van der Waals surface area (Å²) in [5.74, 6) is -0.0814. The van der Waals surface area contributed by atoms with E-state index in [0.29, 0.717) is 38.9 Å². The van der Waals surface area contributed by atoms with E-state index in [2.05, 4.69) is 73.5 Å². The number of thiophene rings is 1. The molecule has 0 atom stereocenters. The Balaban J connectivity index is 0.000000143. The molecule has 0 bridgehead atoms. The summed E-state index contributed by atoms with van der Waals surface area (Å²) in [4.78, 5) is 22.5. The molecule has 0 saturated carbocycles. The van der Waals surface area contributed by atoms with Crippen LogP contribution >= 0.6 is 61.5 Å². The number of phenolic OH excluding ortho intramolecular Hbond substituents is 1. The highest BCUT2D eigenvalue weighted by Crippen LogP contribution is 2.40. The first-order chi connectivity index (χ1) is 29.0. The minimum absolute atomic E-state index is 0.0494. The van der Waals surface area contributed by atoms with E-state index in [9.17, 15) is 19.4 Å². The lowest BCUT2D eigenvalue weighted by Crippen LogP contribution is -2.42. The zero-order chi connectivity index (χ0) is 42.2. The summed E-state index contributed by atoms with van der Waals surface area (Å²) in [6.07, 6.45) is 9.06. The number of hydrogen-bond acceptors (Lipinski definition) is 7. The second-order valence-electron chi connectivity index (χ2n) is 15.7. The zero-order valence-electron chi connectivity index (χ0n) is 33.6. The van der Waals surface area contributed by atoms with Gasteiger partial charge in [-0.2, -0.15) is 0 Å². The van der Waals surface area contributed by atoms with Crippen molar-refractivity contribution in [3.8, 4) is 5.75 Å². The molecule has 2 aromatic heterocycles. The number of likely N-dealkylation sites (tertiary alicyclic amines) is 2. The van der Waals surface area contributed by atoms with Crippen LogP contribution in [0.1, 0.15) is 76.0 Å². The van der Waals surface area contributed by atoms with E-state index in [-0.39, 0.29) is 17.3 Å². The lowest BCUT2D eigenvalue weighted by Gasteiger charge is -2.38. The summed E-state index contributed by atoms with van der Waals surface area (Å²) in [5.41, 5.74) is 9.10. The summed E-state index contributed by atoms with van der Waals surface area (Å²) in [6.45, 7) is 4.86. The standard InChI is InChI=1S/C21H23BrFNO2.C19H21NS.C9H5ClINO/c22-18-7-5-17(6-8-18)21(26)11-14-24(15-12-21)13-1-2-20(25)16-3-9-19(23)10-4-16;1-20-11-8-15(9-12-20)19-16-5-3-2-4-14(16)6-7-18-17(19)10-13-21-18;10-6-4-7(11)9(13)8-5(6)2-1-3-12-8/h3-10,26H,1-2,11-15H2;2-5,10,13H,6-9,11-12H2,1H3;1-4,13H. The molecule has 6 nitrogen and oxygen atoms in total. The van der Waals surface area contributed by atoms with Crippen LogP contribution < -0.4 is 0 Å². The molecule has 0 unspecified atom stereocenters. The van der Waals surface area contributed by atoms with Gasteiger partial charge in [-0.05, 0) is 175 Å². The molecule has 0 amide bonds. The molecule has 11 heteroatoms. The van der Waals surface area contributed by atoms with Crippen molar-refractivity contribution in [3.63, 3.8) is 0 Å². The number of aryl methyl sites for hydroxylation is 2. The smallest absolute Gasteiger partial charge is 0.162 e. The summed E-state index contributed by atoms with van der Waals surface area (Å²) in [6, 6.07) is 30.3. The molecular weight excluding hydrogens is 972 g/mol. The molecule has 9 rings (SSSR count). The maximum atomic E-state index is 12.9. The first-order valence-corrected chi connectivity index (χ1v) is 23.6. The third kappa shape index (κ3) is 10.9. The Morgan fingerprint density at radius 2 is 1.63 bits per heavy atom. The van der Waals surface area contributed by atoms with Gasteiger partial charge < -0.3 is 20.0 Å². The molecule has 312 valence electrons. The number of ketones is 1. The minimum atomic E-state index is -0.763. The highest BCUT2D eigenvalue weighted by Gasteiger charge is 2.33. The van der Waals surface area contributed by atoms with Crippen LogP contribution in [0.4, 0.5) is 4.39 Å². The molecule has 3 aliphatic rings. The molecule has 0 radical (unpaired) electrons. The highest BCUT2D eigenvalue weighted by molar-refractivity contribution is 14.1. The third-order valence-electron chi connectivity index (χ3n) is 11.7. The number of halogens is 4. The van der Waals surface area contributed by atoms with Crippen molar-refractivity contribution < 1.29 is 19.4 Å². The second-order valence-corrected chi connectivity index (χ2v) is 19.2. The Morgan fingerprint density at radius 3 is 2.37 bits per heavy atom. The Morgan fingerprint density at radius 1 is 0.917 bits per heavy atom. The van der Waals surface area contributed by atoms with E-state index in [1.807, 2.05) is 64.3 Å². The van der Waals surface area contributed by atoms with Crippen LogP contribution in [0, 0.1) is 9.39 Å². The Labute approximate surface area is 383 Å². The van der Waals surface area contributed by atoms with E-state index in [0.717, 1.165) is 41.5 Å². The van der Waals surface area contributed by atoms with Crippen LogP contribution in [0.2, 0.25) is 5.02 Å². The summed E-state index contributed by atoms with van der Waals surface area (Å²) in [5, 5.41) is 24.2. The van der Waals surface area contributed by atoms with E-state index in [1.165, 1.54) is 79.7 Å². The van der Waals surface area contributed by atoms with Crippen molar-refractivity contribution >= 4 is 83.7 Å². The Hall–Kier alpha value is -3.49. The number of nitrogens with zero attached hydrogens (tertiary/aromatic N) is 3. The van der Waals surface area contributed by atoms with Gasteiger partial charge >= 0.3 is 0 Å². The molecule has 60 heavy (non-hydrogen) atoms. The summed E-state index contributed by atoms with van der Waals surface area (Å²) < 4.78 is 14.6. The summed E-state index contributed by atoms with van der Waals surface area (Å²) >= 11 is 13.4. The average Bonchev–Trinajstić information content (AvgIpc) is 3.66. The predicted molar refractivity (Wildman–Crippen MR) is 256 cm³/mol. The molecule has 6 aromatic rings. The number of carbonyl (C=O) groups excluding carboxylic acids is 1. The van der Waals surface area contributed by atoms with Crippen LogP contribution in [0.3, 0.4) is 0 Å².